The molecule has 0 N–H and O–H groups in total. The molecule has 1 saturated heterocycles. The molecule has 0 aromatic carbocycles. The molecular formula is C10H20BrNO2S. The molecule has 15 heavy (non-hydrogen) atoms. The van der Waals surface area contributed by atoms with Gasteiger partial charge < -0.3 is 4.90 Å². The molecule has 5 heteroatoms. The van der Waals surface area contributed by atoms with Crippen molar-refractivity contribution >= 4 is 25.8 Å². The van der Waals surface area contributed by atoms with Gasteiger partial charge >= 0.3 is 0 Å². The minimum Gasteiger partial charge on any atom is -0.303 e. The summed E-state index contributed by atoms with van der Waals surface area (Å²) in [7, 11) is -2.78. The number of alkyl halides is 1. The van der Waals surface area contributed by atoms with Gasteiger partial charge in [0.1, 0.15) is 9.84 Å². The summed E-state index contributed by atoms with van der Waals surface area (Å²) in [5.41, 5.74) is 0. The van der Waals surface area contributed by atoms with Gasteiger partial charge in [-0.1, -0.05) is 15.9 Å². The maximum absolute atomic E-state index is 11.0. The molecule has 3 nitrogen and oxygen atoms in total. The van der Waals surface area contributed by atoms with Gasteiger partial charge in [-0.05, 0) is 38.3 Å². The fourth-order valence-electron chi connectivity index (χ4n) is 2.03. The van der Waals surface area contributed by atoms with Crippen LogP contribution in [-0.4, -0.2) is 50.3 Å². The van der Waals surface area contributed by atoms with E-state index in [0.717, 1.165) is 37.3 Å². The first-order valence-electron chi connectivity index (χ1n) is 5.47. The van der Waals surface area contributed by atoms with Crippen LogP contribution in [-0.2, 0) is 9.84 Å². The lowest BCUT2D eigenvalue weighted by Crippen LogP contribution is -2.37. The van der Waals surface area contributed by atoms with E-state index in [1.54, 1.807) is 0 Å². The van der Waals surface area contributed by atoms with Crippen LogP contribution in [0.1, 0.15) is 19.3 Å². The zero-order valence-corrected chi connectivity index (χ0v) is 11.7. The third kappa shape index (κ3) is 5.88. The zero-order valence-electron chi connectivity index (χ0n) is 9.28. The smallest absolute Gasteiger partial charge is 0.147 e. The van der Waals surface area contributed by atoms with E-state index in [4.69, 9.17) is 0 Å². The van der Waals surface area contributed by atoms with Crippen molar-refractivity contribution in [3.8, 4) is 0 Å². The van der Waals surface area contributed by atoms with Crippen LogP contribution in [0.2, 0.25) is 0 Å². The maximum Gasteiger partial charge on any atom is 0.147 e. The lowest BCUT2D eigenvalue weighted by atomic mass is 10.0. The van der Waals surface area contributed by atoms with Crippen molar-refractivity contribution in [3.05, 3.63) is 0 Å². The van der Waals surface area contributed by atoms with E-state index in [1.165, 1.54) is 19.1 Å². The first kappa shape index (κ1) is 13.5. The standard InChI is InChI=1S/C10H20BrNO2S/c1-15(13,14)7-3-6-12-5-2-4-10(8-11)9-12/h10H,2-9H2,1H3. The molecule has 0 amide bonds. The van der Waals surface area contributed by atoms with E-state index in [9.17, 15) is 8.42 Å². The van der Waals surface area contributed by atoms with E-state index in [2.05, 4.69) is 20.8 Å². The Kier molecular flexibility index (Phi) is 5.57. The molecule has 1 atom stereocenters. The third-order valence-corrected chi connectivity index (χ3v) is 4.76. The van der Waals surface area contributed by atoms with E-state index in [1.807, 2.05) is 0 Å². The van der Waals surface area contributed by atoms with Gasteiger partial charge in [-0.25, -0.2) is 8.42 Å². The van der Waals surface area contributed by atoms with Crippen molar-refractivity contribution in [3.63, 3.8) is 0 Å². The molecule has 0 saturated carbocycles. The fourth-order valence-corrected chi connectivity index (χ4v) is 3.21. The molecule has 0 aliphatic carbocycles. The Morgan fingerprint density at radius 2 is 2.20 bits per heavy atom. The quantitative estimate of drug-likeness (QED) is 0.722. The van der Waals surface area contributed by atoms with E-state index in [-0.39, 0.29) is 0 Å². The number of piperidine rings is 1. The zero-order chi connectivity index (χ0) is 11.3. The molecule has 1 unspecified atom stereocenters. The Balaban J connectivity index is 2.21. The summed E-state index contributed by atoms with van der Waals surface area (Å²) < 4.78 is 21.9. The van der Waals surface area contributed by atoms with Crippen LogP contribution in [0.5, 0.6) is 0 Å². The minimum atomic E-state index is -2.78. The average molecular weight is 298 g/mol. The fraction of sp³-hybridized carbons (Fsp3) is 1.00. The molecule has 0 bridgehead atoms. The highest BCUT2D eigenvalue weighted by Crippen LogP contribution is 2.18. The highest BCUT2D eigenvalue weighted by molar-refractivity contribution is 9.09. The van der Waals surface area contributed by atoms with Crippen molar-refractivity contribution in [1.29, 1.82) is 0 Å². The van der Waals surface area contributed by atoms with E-state index in [0.29, 0.717) is 5.75 Å². The summed E-state index contributed by atoms with van der Waals surface area (Å²) in [6.45, 7) is 3.18. The van der Waals surface area contributed by atoms with Crippen LogP contribution >= 0.6 is 15.9 Å². The minimum absolute atomic E-state index is 0.322. The van der Waals surface area contributed by atoms with Crippen molar-refractivity contribution in [2.45, 2.75) is 19.3 Å². The molecular weight excluding hydrogens is 278 g/mol. The summed E-state index contributed by atoms with van der Waals surface area (Å²) in [4.78, 5) is 2.39. The highest BCUT2D eigenvalue weighted by atomic mass is 79.9. The van der Waals surface area contributed by atoms with Gasteiger partial charge in [-0.3, -0.25) is 0 Å². The first-order chi connectivity index (χ1) is 7.01. The molecule has 0 radical (unpaired) electrons. The van der Waals surface area contributed by atoms with Crippen LogP contribution in [0.3, 0.4) is 0 Å². The van der Waals surface area contributed by atoms with Crippen molar-refractivity contribution in [2.24, 2.45) is 5.92 Å². The Bertz CT molecular complexity index is 279. The normalized spacial score (nSPS) is 24.3. The van der Waals surface area contributed by atoms with Gasteiger partial charge in [0.05, 0.1) is 5.75 Å². The Morgan fingerprint density at radius 3 is 2.80 bits per heavy atom. The Labute approximate surface area is 101 Å². The van der Waals surface area contributed by atoms with Crippen LogP contribution in [0.25, 0.3) is 0 Å². The predicted molar refractivity (Wildman–Crippen MR) is 67.3 cm³/mol. The SMILES string of the molecule is CS(=O)(=O)CCCN1CCCC(CBr)C1. The molecule has 0 aromatic rings. The summed E-state index contributed by atoms with van der Waals surface area (Å²) in [6, 6.07) is 0. The van der Waals surface area contributed by atoms with Gasteiger partial charge in [-0.2, -0.15) is 0 Å². The maximum atomic E-state index is 11.0. The number of likely N-dealkylation sites (tertiary alicyclic amines) is 1. The number of sulfone groups is 1. The topological polar surface area (TPSA) is 37.4 Å². The number of halogens is 1. The van der Waals surface area contributed by atoms with Crippen LogP contribution in [0.4, 0.5) is 0 Å². The van der Waals surface area contributed by atoms with Gasteiger partial charge in [0.25, 0.3) is 0 Å². The second-order valence-electron chi connectivity index (χ2n) is 4.45. The molecule has 1 fully saturated rings. The largest absolute Gasteiger partial charge is 0.303 e. The lowest BCUT2D eigenvalue weighted by Gasteiger charge is -2.31. The van der Waals surface area contributed by atoms with Crippen LogP contribution in [0.15, 0.2) is 0 Å². The monoisotopic (exact) mass is 297 g/mol. The molecule has 1 rings (SSSR count). The Morgan fingerprint density at radius 1 is 1.47 bits per heavy atom. The lowest BCUT2D eigenvalue weighted by molar-refractivity contribution is 0.187. The number of hydrogen-bond donors (Lipinski definition) is 0. The van der Waals surface area contributed by atoms with Gasteiger partial charge in [0.2, 0.25) is 0 Å². The number of rotatable bonds is 5. The molecule has 0 spiro atoms. The number of nitrogens with zero attached hydrogens (tertiary/aromatic N) is 1. The average Bonchev–Trinajstić information content (AvgIpc) is 2.16. The highest BCUT2D eigenvalue weighted by Gasteiger charge is 2.18. The molecule has 1 aliphatic heterocycles. The van der Waals surface area contributed by atoms with E-state index >= 15 is 0 Å². The second-order valence-corrected chi connectivity index (χ2v) is 7.35. The number of hydrogen-bond acceptors (Lipinski definition) is 3. The summed E-state index contributed by atoms with van der Waals surface area (Å²) >= 11 is 3.52. The summed E-state index contributed by atoms with van der Waals surface area (Å²) in [5.74, 6) is 1.07. The van der Waals surface area contributed by atoms with Crippen molar-refractivity contribution in [1.82, 2.24) is 4.90 Å². The third-order valence-electron chi connectivity index (χ3n) is 2.81. The summed E-state index contributed by atoms with van der Waals surface area (Å²) in [5, 5.41) is 1.07. The first-order valence-corrected chi connectivity index (χ1v) is 8.65. The predicted octanol–water partition coefficient (Wildman–Crippen LogP) is 1.53. The van der Waals surface area contributed by atoms with Gasteiger partial charge in [0, 0.05) is 18.1 Å². The molecule has 90 valence electrons. The van der Waals surface area contributed by atoms with Crippen LogP contribution in [0, 0.1) is 5.92 Å². The van der Waals surface area contributed by atoms with Crippen molar-refractivity contribution < 1.29 is 8.42 Å². The molecule has 1 heterocycles. The molecule has 0 aromatic heterocycles. The second kappa shape index (κ2) is 6.21. The van der Waals surface area contributed by atoms with Gasteiger partial charge in [0.15, 0.2) is 0 Å². The van der Waals surface area contributed by atoms with E-state index < -0.39 is 9.84 Å². The molecule has 1 aliphatic rings. The summed E-state index contributed by atoms with van der Waals surface area (Å²) in [6.07, 6.45) is 4.63. The van der Waals surface area contributed by atoms with Crippen molar-refractivity contribution in [2.75, 3.05) is 37.0 Å². The van der Waals surface area contributed by atoms with Gasteiger partial charge in [-0.15, -0.1) is 0 Å². The Hall–Kier alpha value is 0.390. The van der Waals surface area contributed by atoms with Crippen LogP contribution < -0.4 is 0 Å².